The fourth-order valence-corrected chi connectivity index (χ4v) is 7.72. The van der Waals surface area contributed by atoms with Crippen LogP contribution in [0.3, 0.4) is 0 Å². The van der Waals surface area contributed by atoms with Gasteiger partial charge in [-0.1, -0.05) is 163 Å². The number of aliphatic hydroxyl groups is 1. The maximum absolute atomic E-state index is 9.96. The van der Waals surface area contributed by atoms with Crippen LogP contribution in [0.2, 0.25) is 0 Å². The van der Waals surface area contributed by atoms with Crippen LogP contribution in [-0.2, 0) is 55.8 Å². The summed E-state index contributed by atoms with van der Waals surface area (Å²) < 4.78 is 0. The van der Waals surface area contributed by atoms with E-state index in [4.69, 9.17) is 5.11 Å². The molecule has 0 aliphatic rings. The van der Waals surface area contributed by atoms with E-state index in [-0.39, 0.29) is 62.6 Å². The van der Waals surface area contributed by atoms with Gasteiger partial charge in [0.1, 0.15) is 0 Å². The molecule has 6 aromatic carbocycles. The van der Waals surface area contributed by atoms with Gasteiger partial charge >= 0.3 is 17.6 Å². The summed E-state index contributed by atoms with van der Waals surface area (Å²) in [5.74, 6) is -0.312. The van der Waals surface area contributed by atoms with Crippen molar-refractivity contribution in [3.63, 3.8) is 0 Å². The van der Waals surface area contributed by atoms with Crippen molar-refractivity contribution in [2.45, 2.75) is 66.2 Å². The van der Waals surface area contributed by atoms with Gasteiger partial charge in [-0.3, -0.25) is 4.98 Å². The number of aromatic nitrogens is 4. The van der Waals surface area contributed by atoms with Crippen molar-refractivity contribution in [2.75, 3.05) is 0 Å². The molecule has 2 radical (unpaired) electrons. The summed E-state index contributed by atoms with van der Waals surface area (Å²) in [6.45, 7) is 16.2. The van der Waals surface area contributed by atoms with E-state index in [1.165, 1.54) is 47.2 Å². The van der Waals surface area contributed by atoms with Crippen molar-refractivity contribution in [3.05, 3.63) is 278 Å². The Morgan fingerprint density at radius 3 is 1.05 bits per heavy atom. The summed E-state index contributed by atoms with van der Waals surface area (Å²) in [6, 6.07) is 80.7. The molecule has 8 heteroatoms. The van der Waals surface area contributed by atoms with Gasteiger partial charge in [-0.2, -0.15) is 0 Å². The number of nitrogens with zero attached hydrogens (tertiary/aromatic N) is 4. The molecule has 0 amide bonds. The van der Waals surface area contributed by atoms with Gasteiger partial charge in [0.15, 0.2) is 0 Å². The molecule has 0 unspecified atom stereocenters. The number of hydrogen-bond acceptors (Lipinski definition) is 6. The summed E-state index contributed by atoms with van der Waals surface area (Å²) in [4.78, 5) is 27.8. The number of hydrogen-bond donors (Lipinski definition) is 1. The predicted molar refractivity (Wildman–Crippen MR) is 309 cm³/mol. The number of allylic oxidation sites excluding steroid dienone is 2. The van der Waals surface area contributed by atoms with Gasteiger partial charge in [-0.05, 0) is 68.4 Å². The Morgan fingerprint density at radius 2 is 0.753 bits per heavy atom. The normalized spacial score (nSPS) is 10.5. The van der Waals surface area contributed by atoms with Crippen LogP contribution in [0.4, 0.5) is 0 Å². The molecule has 0 saturated heterocycles. The van der Waals surface area contributed by atoms with Crippen LogP contribution in [0.5, 0.6) is 0 Å². The van der Waals surface area contributed by atoms with Crippen molar-refractivity contribution < 1.29 is 50.1 Å². The minimum absolute atomic E-state index is 0. The Morgan fingerprint density at radius 1 is 0.416 bits per heavy atom. The molecule has 0 spiro atoms. The van der Waals surface area contributed by atoms with E-state index in [1.54, 1.807) is 6.20 Å². The van der Waals surface area contributed by atoms with Crippen molar-refractivity contribution in [3.8, 4) is 67.3 Å². The Bertz CT molecular complexity index is 2990. The monoisotopic (exact) mass is 1370 g/mol. The van der Waals surface area contributed by atoms with Crippen LogP contribution in [0, 0.1) is 24.3 Å². The number of aliphatic hydroxyl groups excluding tert-OH is 1. The number of carbonyl (C=O) groups is 1. The molecule has 6 nitrogen and oxygen atoms in total. The Hall–Kier alpha value is -7.66. The topological polar surface area (TPSA) is 88.9 Å². The molecule has 0 saturated carbocycles. The third-order valence-corrected chi connectivity index (χ3v) is 11.3. The average molecular weight is 1370 g/mol. The zero-order valence-corrected chi connectivity index (χ0v) is 49.6. The van der Waals surface area contributed by atoms with Crippen LogP contribution >= 0.6 is 0 Å². The minimum Gasteiger partial charge on any atom is -0.472 e. The van der Waals surface area contributed by atoms with E-state index in [2.05, 4.69) is 171 Å². The second-order valence-electron chi connectivity index (χ2n) is 19.4. The number of ketones is 1. The zero-order valence-electron chi connectivity index (χ0n) is 44.8. The van der Waals surface area contributed by atoms with Crippen LogP contribution < -0.4 is 0 Å². The van der Waals surface area contributed by atoms with Gasteiger partial charge in [0, 0.05) is 88.6 Å². The Kier molecular flexibility index (Phi) is 25.2. The first-order chi connectivity index (χ1) is 36.2. The molecule has 4 aromatic heterocycles. The first-order valence-electron chi connectivity index (χ1n) is 24.9. The number of rotatable bonds is 7. The number of benzene rings is 6. The molecule has 0 aliphatic carbocycles. The molecule has 1 N–H and O–H groups in total. The zero-order chi connectivity index (χ0) is 53.5. The van der Waals surface area contributed by atoms with Gasteiger partial charge in [0.2, 0.25) is 0 Å². The average Bonchev–Trinajstić information content (AvgIpc) is 3.45. The summed E-state index contributed by atoms with van der Waals surface area (Å²) >= 11 is 0. The first-order valence-corrected chi connectivity index (χ1v) is 24.9. The molecule has 392 valence electrons. The third-order valence-electron chi connectivity index (χ3n) is 11.3. The van der Waals surface area contributed by atoms with Crippen LogP contribution in [0.15, 0.2) is 243 Å². The number of carbonyl (C=O) groups excluding carboxylic acids is 1. The maximum Gasteiger partial charge on any atom is 0.392 e. The molecule has 0 atom stereocenters. The molecule has 0 fully saturated rings. The molecular weight excluding hydrogens is 1300 g/mol. The molecular formula is C69H64Ir2N4O2-2. The van der Waals surface area contributed by atoms with Crippen molar-refractivity contribution in [1.82, 2.24) is 19.9 Å². The third kappa shape index (κ3) is 20.1. The smallest absolute Gasteiger partial charge is 0.392 e. The molecule has 77 heavy (non-hydrogen) atoms. The van der Waals surface area contributed by atoms with E-state index in [0.717, 1.165) is 45.0 Å². The molecule has 10 aromatic rings. The van der Waals surface area contributed by atoms with E-state index in [0.29, 0.717) is 0 Å². The van der Waals surface area contributed by atoms with Crippen molar-refractivity contribution in [1.29, 1.82) is 0 Å². The number of pyridine rings is 4. The standard InChI is InChI=1S/2C21H20N.C11H9N.C11H8N.C5H6O2.2Ir/c2*1-21(2,3)19-14-20(17-12-8-5-9-13-17)22-15-18(19)16-10-6-4-7-11-16;2*1-2-6-10(7-3-1)11-8-4-5-9-12-11;1-4(6)3-5(2)7;;/h2*4-12,14-15H,1-3H3;1-9H;1-6,8-9H;1-2H3;;/q2*-1;;-1;;;/p+1. The summed E-state index contributed by atoms with van der Waals surface area (Å²) in [7, 11) is 0. The van der Waals surface area contributed by atoms with Gasteiger partial charge in [-0.25, -0.2) is 4.79 Å². The fourth-order valence-electron chi connectivity index (χ4n) is 7.72. The summed E-state index contributed by atoms with van der Waals surface area (Å²) in [6.07, 6.45) is 9.72. The van der Waals surface area contributed by atoms with Crippen molar-refractivity contribution >= 4 is 5.78 Å². The Labute approximate surface area is 484 Å². The minimum atomic E-state index is -0.250. The predicted octanol–water partition coefficient (Wildman–Crippen LogP) is 17.2. The van der Waals surface area contributed by atoms with E-state index >= 15 is 0 Å². The molecule has 4 heterocycles. The first kappa shape index (κ1) is 61.9. The number of Topliss-reactive ketones (excluding diaryl/α,β-unsaturated/α-hetero) is 1. The Balaban J connectivity index is 0.000000217. The SMILES string of the molecule is CC(=O)[C+]=C(C)O.CC(C)(C)c1cc(-c2[c-]cccc2)ncc1-c1ccccc1.CC(C)(C)c1cc(-c2[c-]cccc2)ncc1-c1ccccc1.[Ir].[Ir].[c-]1ccccc1-c1ccccn1.c1ccc(-c2ccccn2)cc1. The van der Waals surface area contributed by atoms with Crippen LogP contribution in [0.1, 0.15) is 66.5 Å². The van der Waals surface area contributed by atoms with Gasteiger partial charge in [0.25, 0.3) is 0 Å². The van der Waals surface area contributed by atoms with Gasteiger partial charge in [0.05, 0.1) is 12.6 Å². The van der Waals surface area contributed by atoms with Gasteiger partial charge < -0.3 is 20.1 Å². The summed E-state index contributed by atoms with van der Waals surface area (Å²) in [5.41, 5.74) is 15.8. The molecule has 0 bridgehead atoms. The largest absolute Gasteiger partial charge is 0.472 e. The van der Waals surface area contributed by atoms with Gasteiger partial charge in [-0.15, -0.1) is 108 Å². The second-order valence-corrected chi connectivity index (χ2v) is 19.4. The van der Waals surface area contributed by atoms with E-state index in [1.807, 2.05) is 146 Å². The van der Waals surface area contributed by atoms with E-state index < -0.39 is 0 Å². The summed E-state index contributed by atoms with van der Waals surface area (Å²) in [5, 5.41) is 8.31. The quantitative estimate of drug-likeness (QED) is 0.0972. The fraction of sp³-hybridized carbons (Fsp3) is 0.145. The van der Waals surface area contributed by atoms with E-state index in [9.17, 15) is 4.79 Å². The second kappa shape index (κ2) is 31.4. The van der Waals surface area contributed by atoms with Crippen LogP contribution in [0.25, 0.3) is 67.3 Å². The van der Waals surface area contributed by atoms with Crippen LogP contribution in [-0.4, -0.2) is 30.8 Å². The molecule has 0 aliphatic heterocycles. The van der Waals surface area contributed by atoms with Crippen molar-refractivity contribution in [2.24, 2.45) is 0 Å². The molecule has 10 rings (SSSR count). The maximum atomic E-state index is 9.96.